The van der Waals surface area contributed by atoms with Crippen LogP contribution in [0.15, 0.2) is 72.1 Å². The molecule has 1 N–H and O–H groups in total. The van der Waals surface area contributed by atoms with Crippen LogP contribution >= 0.6 is 11.3 Å². The van der Waals surface area contributed by atoms with Gasteiger partial charge in [0, 0.05) is 17.8 Å². The summed E-state index contributed by atoms with van der Waals surface area (Å²) >= 11 is 1.69. The van der Waals surface area contributed by atoms with Gasteiger partial charge in [0.15, 0.2) is 5.54 Å². The third-order valence-electron chi connectivity index (χ3n) is 5.52. The second kappa shape index (κ2) is 8.42. The van der Waals surface area contributed by atoms with Crippen molar-refractivity contribution in [3.63, 3.8) is 0 Å². The molecule has 1 saturated heterocycles. The molecule has 0 bridgehead atoms. The summed E-state index contributed by atoms with van der Waals surface area (Å²) in [5.41, 5.74) is 1.93. The molecule has 154 valence electrons. The molecule has 1 aliphatic rings. The smallest absolute Gasteiger partial charge is 0.319 e. The van der Waals surface area contributed by atoms with E-state index < -0.39 is 5.54 Å². The van der Waals surface area contributed by atoms with E-state index in [0.717, 1.165) is 11.1 Å². The first-order valence-corrected chi connectivity index (χ1v) is 10.8. The van der Waals surface area contributed by atoms with Crippen LogP contribution in [0.2, 0.25) is 0 Å². The van der Waals surface area contributed by atoms with Crippen molar-refractivity contribution in [1.82, 2.24) is 15.1 Å². The van der Waals surface area contributed by atoms with Crippen molar-refractivity contribution in [2.45, 2.75) is 25.4 Å². The highest BCUT2D eigenvalue weighted by molar-refractivity contribution is 7.10. The van der Waals surface area contributed by atoms with Gasteiger partial charge in [-0.05, 0) is 42.1 Å². The average molecular weight is 420 g/mol. The van der Waals surface area contributed by atoms with Crippen LogP contribution in [-0.4, -0.2) is 35.5 Å². The summed E-state index contributed by atoms with van der Waals surface area (Å²) in [6.45, 7) is 3.01. The molecule has 0 spiro atoms. The van der Waals surface area contributed by atoms with E-state index in [2.05, 4.69) is 23.7 Å². The van der Waals surface area contributed by atoms with Crippen LogP contribution in [0.25, 0.3) is 0 Å². The molecule has 1 atom stereocenters. The molecule has 6 heteroatoms. The number of thiophene rings is 1. The molecule has 0 radical (unpaired) electrons. The Labute approximate surface area is 180 Å². The van der Waals surface area contributed by atoms with Gasteiger partial charge in [-0.2, -0.15) is 0 Å². The summed E-state index contributed by atoms with van der Waals surface area (Å²) in [7, 11) is 1.93. The van der Waals surface area contributed by atoms with E-state index in [1.165, 1.54) is 15.3 Å². The molecule has 4 rings (SSSR count). The molecule has 5 nitrogen and oxygen atoms in total. The van der Waals surface area contributed by atoms with Crippen molar-refractivity contribution in [2.24, 2.45) is 0 Å². The number of amides is 3. The maximum absolute atomic E-state index is 13.7. The highest BCUT2D eigenvalue weighted by Crippen LogP contribution is 2.33. The maximum Gasteiger partial charge on any atom is 0.326 e. The second-order valence-electron chi connectivity index (χ2n) is 7.78. The van der Waals surface area contributed by atoms with E-state index in [-0.39, 0.29) is 18.6 Å². The Bertz CT molecular complexity index is 1030. The molecule has 1 aromatic heterocycles. The van der Waals surface area contributed by atoms with Crippen LogP contribution in [0.4, 0.5) is 4.79 Å². The van der Waals surface area contributed by atoms with Gasteiger partial charge in [-0.1, -0.05) is 60.7 Å². The maximum atomic E-state index is 13.7. The molecular weight excluding hydrogens is 394 g/mol. The van der Waals surface area contributed by atoms with E-state index in [1.54, 1.807) is 11.3 Å². The number of imide groups is 1. The number of nitrogens with zero attached hydrogens (tertiary/aromatic N) is 2. The quantitative estimate of drug-likeness (QED) is 0.586. The fourth-order valence-corrected chi connectivity index (χ4v) is 4.88. The van der Waals surface area contributed by atoms with Gasteiger partial charge in [0.05, 0.1) is 6.67 Å². The second-order valence-corrected chi connectivity index (χ2v) is 8.78. The van der Waals surface area contributed by atoms with Crippen molar-refractivity contribution in [3.8, 4) is 0 Å². The first-order chi connectivity index (χ1) is 14.5. The highest BCUT2D eigenvalue weighted by Gasteiger charge is 2.52. The highest BCUT2D eigenvalue weighted by atomic mass is 32.1. The van der Waals surface area contributed by atoms with Crippen molar-refractivity contribution in [2.75, 3.05) is 13.7 Å². The van der Waals surface area contributed by atoms with Crippen LogP contribution < -0.4 is 5.32 Å². The van der Waals surface area contributed by atoms with E-state index >= 15 is 0 Å². The lowest BCUT2D eigenvalue weighted by Gasteiger charge is -2.28. The molecule has 0 saturated carbocycles. The molecule has 30 heavy (non-hydrogen) atoms. The number of carbonyl (C=O) groups is 2. The average Bonchev–Trinajstić information content (AvgIpc) is 3.26. The van der Waals surface area contributed by atoms with Gasteiger partial charge in [0.1, 0.15) is 0 Å². The van der Waals surface area contributed by atoms with E-state index in [4.69, 9.17) is 0 Å². The zero-order chi connectivity index (χ0) is 21.1. The van der Waals surface area contributed by atoms with Crippen LogP contribution in [-0.2, 0) is 23.3 Å². The first-order valence-electron chi connectivity index (χ1n) is 9.95. The van der Waals surface area contributed by atoms with Gasteiger partial charge in [0.2, 0.25) is 0 Å². The first kappa shape index (κ1) is 20.3. The minimum atomic E-state index is -1.10. The minimum absolute atomic E-state index is 0.211. The zero-order valence-corrected chi connectivity index (χ0v) is 18.0. The number of nitrogens with one attached hydrogen (secondary N) is 1. The minimum Gasteiger partial charge on any atom is -0.319 e. The summed E-state index contributed by atoms with van der Waals surface area (Å²) in [6, 6.07) is 21.1. The van der Waals surface area contributed by atoms with Gasteiger partial charge in [-0.25, -0.2) is 9.69 Å². The fraction of sp³-hybridized carbons (Fsp3) is 0.250. The number of hydrogen-bond acceptors (Lipinski definition) is 4. The normalized spacial score (nSPS) is 18.8. The third kappa shape index (κ3) is 3.88. The lowest BCUT2D eigenvalue weighted by molar-refractivity contribution is -0.133. The van der Waals surface area contributed by atoms with Gasteiger partial charge >= 0.3 is 6.03 Å². The number of carbonyl (C=O) groups excluding carboxylic acids is 2. The Balaban J connectivity index is 1.61. The van der Waals surface area contributed by atoms with Crippen molar-refractivity contribution in [3.05, 3.63) is 93.7 Å². The Hall–Kier alpha value is -2.96. The standard InChI is InChI=1S/C24H25N3O2S/c1-18-13-14-30-21(18)16-26(2)17-27-22(28)24(25-23(27)29,20-11-7-4-8-12-20)15-19-9-5-3-6-10-19/h3-14H,15-17H2,1-2H3,(H,25,29). The summed E-state index contributed by atoms with van der Waals surface area (Å²) in [5, 5.41) is 5.08. The van der Waals surface area contributed by atoms with Crippen LogP contribution in [0, 0.1) is 6.92 Å². The van der Waals surface area contributed by atoms with Crippen LogP contribution in [0.1, 0.15) is 21.6 Å². The molecule has 2 aromatic carbocycles. The number of aryl methyl sites for hydroxylation is 1. The summed E-state index contributed by atoms with van der Waals surface area (Å²) in [6.07, 6.45) is 0.409. The zero-order valence-electron chi connectivity index (χ0n) is 17.2. The Morgan fingerprint density at radius 2 is 1.67 bits per heavy atom. The monoisotopic (exact) mass is 419 g/mol. The van der Waals surface area contributed by atoms with Gasteiger partial charge < -0.3 is 5.32 Å². The summed E-state index contributed by atoms with van der Waals surface area (Å²) < 4.78 is 0. The van der Waals surface area contributed by atoms with E-state index in [0.29, 0.717) is 13.0 Å². The SMILES string of the molecule is Cc1ccsc1CN(C)CN1C(=O)NC(Cc2ccccc2)(c2ccccc2)C1=O. The molecule has 1 unspecified atom stereocenters. The molecule has 1 aliphatic heterocycles. The largest absolute Gasteiger partial charge is 0.326 e. The van der Waals surface area contributed by atoms with E-state index in [9.17, 15) is 9.59 Å². The number of rotatable bonds is 7. The van der Waals surface area contributed by atoms with Gasteiger partial charge in [-0.3, -0.25) is 9.69 Å². The number of hydrogen-bond donors (Lipinski definition) is 1. The van der Waals surface area contributed by atoms with Gasteiger partial charge in [0.25, 0.3) is 5.91 Å². The molecule has 1 fully saturated rings. The fourth-order valence-electron chi connectivity index (χ4n) is 3.90. The van der Waals surface area contributed by atoms with E-state index in [1.807, 2.05) is 72.6 Å². The van der Waals surface area contributed by atoms with Crippen LogP contribution in [0.5, 0.6) is 0 Å². The Morgan fingerprint density at radius 3 is 2.30 bits per heavy atom. The topological polar surface area (TPSA) is 52.6 Å². The van der Waals surface area contributed by atoms with Crippen molar-refractivity contribution < 1.29 is 9.59 Å². The van der Waals surface area contributed by atoms with Crippen molar-refractivity contribution in [1.29, 1.82) is 0 Å². The molecule has 2 heterocycles. The summed E-state index contributed by atoms with van der Waals surface area (Å²) in [5.74, 6) is -0.211. The Morgan fingerprint density at radius 1 is 1.00 bits per heavy atom. The predicted octanol–water partition coefficient (Wildman–Crippen LogP) is 4.14. The molecule has 0 aliphatic carbocycles. The van der Waals surface area contributed by atoms with Gasteiger partial charge in [-0.15, -0.1) is 11.3 Å². The third-order valence-corrected chi connectivity index (χ3v) is 6.53. The summed E-state index contributed by atoms with van der Waals surface area (Å²) in [4.78, 5) is 31.2. The predicted molar refractivity (Wildman–Crippen MR) is 119 cm³/mol. The van der Waals surface area contributed by atoms with Crippen LogP contribution in [0.3, 0.4) is 0 Å². The number of benzene rings is 2. The lowest BCUT2D eigenvalue weighted by Crippen LogP contribution is -2.46. The number of urea groups is 1. The van der Waals surface area contributed by atoms with Crippen molar-refractivity contribution >= 4 is 23.3 Å². The molecular formula is C24H25N3O2S. The Kier molecular flexibility index (Phi) is 5.70. The lowest BCUT2D eigenvalue weighted by atomic mass is 9.83. The molecule has 3 aromatic rings. The molecule has 3 amide bonds.